The van der Waals surface area contributed by atoms with Crippen LogP contribution in [0.15, 0.2) is 47.6 Å². The molecule has 0 unspecified atom stereocenters. The summed E-state index contributed by atoms with van der Waals surface area (Å²) in [4.78, 5) is 11.5. The van der Waals surface area contributed by atoms with E-state index < -0.39 is 42.3 Å². The van der Waals surface area contributed by atoms with Crippen molar-refractivity contribution in [1.29, 1.82) is 0 Å². The van der Waals surface area contributed by atoms with Gasteiger partial charge in [-0.2, -0.15) is 0 Å². The molecule has 4 rings (SSSR count). The number of carbonyl (C=O) groups is 1. The number of aliphatic hydroxyl groups excluding tert-OH is 4. The lowest BCUT2D eigenvalue weighted by Gasteiger charge is -2.44. The highest BCUT2D eigenvalue weighted by molar-refractivity contribution is 5.73. The Bertz CT molecular complexity index is 1090. The number of fused-ring (bicyclic) bond motifs is 1. The fourth-order valence-electron chi connectivity index (χ4n) is 7.80. The largest absolute Gasteiger partial charge is 0.479 e. The summed E-state index contributed by atoms with van der Waals surface area (Å²) < 4.78 is 11.4. The van der Waals surface area contributed by atoms with Gasteiger partial charge in [-0.15, -0.1) is 0 Å². The number of carboxylic acids is 1. The van der Waals surface area contributed by atoms with Crippen molar-refractivity contribution in [3.63, 3.8) is 0 Å². The highest BCUT2D eigenvalue weighted by atomic mass is 16.7. The third kappa shape index (κ3) is 6.79. The monoisotopic (exact) mass is 588 g/mol. The molecule has 1 heterocycles. The molecule has 0 spiro atoms. The summed E-state index contributed by atoms with van der Waals surface area (Å²) in [6, 6.07) is 0. The molecule has 0 aromatic rings. The van der Waals surface area contributed by atoms with Crippen LogP contribution in [0, 0.1) is 29.1 Å². The van der Waals surface area contributed by atoms with Gasteiger partial charge in [0.05, 0.1) is 11.7 Å². The van der Waals surface area contributed by atoms with Gasteiger partial charge in [-0.25, -0.2) is 4.79 Å². The zero-order valence-electron chi connectivity index (χ0n) is 25.9. The van der Waals surface area contributed by atoms with E-state index in [4.69, 9.17) is 9.47 Å². The first-order chi connectivity index (χ1) is 19.7. The van der Waals surface area contributed by atoms with Crippen LogP contribution in [0.25, 0.3) is 0 Å². The lowest BCUT2D eigenvalue weighted by Crippen LogP contribution is -2.61. The van der Waals surface area contributed by atoms with Crippen molar-refractivity contribution in [2.24, 2.45) is 29.1 Å². The van der Waals surface area contributed by atoms with Gasteiger partial charge in [0.15, 0.2) is 12.4 Å². The Morgan fingerprint density at radius 1 is 1.05 bits per heavy atom. The third-order valence-electron chi connectivity index (χ3n) is 10.9. The van der Waals surface area contributed by atoms with Gasteiger partial charge in [0.2, 0.25) is 0 Å². The Hall–Kier alpha value is -1.81. The molecular weight excluding hydrogens is 536 g/mol. The molecule has 42 heavy (non-hydrogen) atoms. The first kappa shape index (κ1) is 33.1. The van der Waals surface area contributed by atoms with Gasteiger partial charge in [-0.1, -0.05) is 62.8 Å². The van der Waals surface area contributed by atoms with Crippen molar-refractivity contribution in [2.75, 3.05) is 0 Å². The van der Waals surface area contributed by atoms with Crippen LogP contribution in [0.5, 0.6) is 0 Å². The van der Waals surface area contributed by atoms with E-state index in [0.717, 1.165) is 24.8 Å². The van der Waals surface area contributed by atoms with Gasteiger partial charge >= 0.3 is 5.97 Å². The number of aliphatic hydroxyl groups is 4. The number of allylic oxidation sites excluding steroid dienone is 5. The summed E-state index contributed by atoms with van der Waals surface area (Å²) >= 11 is 0. The molecule has 11 atom stereocenters. The Balaban J connectivity index is 1.41. The van der Waals surface area contributed by atoms with Crippen molar-refractivity contribution in [3.8, 4) is 0 Å². The lowest BCUT2D eigenvalue weighted by molar-refractivity contribution is -0.319. The Morgan fingerprint density at radius 3 is 2.45 bits per heavy atom. The van der Waals surface area contributed by atoms with Gasteiger partial charge < -0.3 is 35.0 Å². The minimum Gasteiger partial charge on any atom is -0.479 e. The SMILES string of the molecule is C=C1CC[C@H](O)C/C1=C/C=C1\CCC[C@]2(C)[C@@H]([C@H](C)/C=C/[C@H](C)C(C)(C)O[C@@H]3O[C@H](C(=O)O)[C@@H](O)[C@H](O)[C@H]3O)CC[C@@H]12. The number of rotatable bonds is 8. The summed E-state index contributed by atoms with van der Waals surface area (Å²) in [5.74, 6) is -0.110. The molecule has 0 radical (unpaired) electrons. The van der Waals surface area contributed by atoms with E-state index in [9.17, 15) is 30.3 Å². The van der Waals surface area contributed by atoms with Crippen molar-refractivity contribution < 1.29 is 39.8 Å². The zero-order chi connectivity index (χ0) is 31.0. The summed E-state index contributed by atoms with van der Waals surface area (Å²) in [5, 5.41) is 50.1. The van der Waals surface area contributed by atoms with E-state index in [1.807, 2.05) is 20.8 Å². The van der Waals surface area contributed by atoms with Crippen LogP contribution in [0.4, 0.5) is 0 Å². The smallest absolute Gasteiger partial charge is 0.335 e. The molecule has 4 aliphatic rings. The van der Waals surface area contributed by atoms with E-state index >= 15 is 0 Å². The highest BCUT2D eigenvalue weighted by Crippen LogP contribution is 2.59. The van der Waals surface area contributed by atoms with Crippen LogP contribution in [0.2, 0.25) is 0 Å². The molecule has 0 amide bonds. The molecule has 5 N–H and O–H groups in total. The lowest BCUT2D eigenvalue weighted by atomic mass is 9.61. The molecule has 0 bridgehead atoms. The number of carboxylic acid groups (broad SMARTS) is 1. The molecule has 1 aliphatic heterocycles. The Morgan fingerprint density at radius 2 is 1.76 bits per heavy atom. The second-order valence-corrected chi connectivity index (χ2v) is 14.0. The average molecular weight is 589 g/mol. The van der Waals surface area contributed by atoms with Crippen LogP contribution in [0.1, 0.15) is 86.0 Å². The maximum absolute atomic E-state index is 11.5. The fourth-order valence-corrected chi connectivity index (χ4v) is 7.80. The average Bonchev–Trinajstić information content (AvgIpc) is 3.29. The molecule has 0 aromatic heterocycles. The third-order valence-corrected chi connectivity index (χ3v) is 10.9. The zero-order valence-corrected chi connectivity index (χ0v) is 25.9. The summed E-state index contributed by atoms with van der Waals surface area (Å²) in [6.45, 7) is 14.7. The number of hydrogen-bond donors (Lipinski definition) is 5. The Kier molecular flexibility index (Phi) is 10.3. The van der Waals surface area contributed by atoms with Crippen LogP contribution < -0.4 is 0 Å². The molecule has 3 saturated carbocycles. The van der Waals surface area contributed by atoms with E-state index in [-0.39, 0.29) is 17.4 Å². The standard InChI is InChI=1S/C34H52O8/c1-19-10-14-24(35)18-23(19)13-12-22-8-7-17-34(6)25(15-16-26(22)34)20(2)9-11-21(3)33(4,5)42-32-29(38)27(36)28(37)30(41-32)31(39)40/h9,11-13,20-21,24-30,32,35-38H,1,7-8,10,14-18H2,2-6H3,(H,39,40)/b11-9+,22-12+,23-13-/t20-,21+,24+,25-,26+,27+,28+,29-,30+,32+,34-/m1/s1. The summed E-state index contributed by atoms with van der Waals surface area (Å²) in [6.07, 6.45) is 8.80. The van der Waals surface area contributed by atoms with E-state index in [1.54, 1.807) is 0 Å². The quantitative estimate of drug-likeness (QED) is 0.258. The predicted molar refractivity (Wildman–Crippen MR) is 160 cm³/mol. The normalized spacial score (nSPS) is 41.3. The van der Waals surface area contributed by atoms with Crippen LogP contribution in [0.3, 0.4) is 0 Å². The fraction of sp³-hybridized carbons (Fsp3) is 0.735. The number of aliphatic carboxylic acids is 1. The predicted octanol–water partition coefficient (Wildman–Crippen LogP) is 4.67. The molecule has 1 saturated heterocycles. The maximum atomic E-state index is 11.5. The summed E-state index contributed by atoms with van der Waals surface area (Å²) in [5.41, 5.74) is 3.24. The molecule has 8 nitrogen and oxygen atoms in total. The van der Waals surface area contributed by atoms with Gasteiger partial charge in [0.25, 0.3) is 0 Å². The van der Waals surface area contributed by atoms with Gasteiger partial charge in [0, 0.05) is 5.92 Å². The van der Waals surface area contributed by atoms with Gasteiger partial charge in [0.1, 0.15) is 18.3 Å². The minimum absolute atomic E-state index is 0.111. The topological polar surface area (TPSA) is 137 Å². The van der Waals surface area contributed by atoms with Gasteiger partial charge in [-0.3, -0.25) is 0 Å². The van der Waals surface area contributed by atoms with Gasteiger partial charge in [-0.05, 0) is 94.0 Å². The molecule has 3 aliphatic carbocycles. The van der Waals surface area contributed by atoms with E-state index in [2.05, 4.69) is 44.7 Å². The second-order valence-electron chi connectivity index (χ2n) is 14.0. The number of hydrogen-bond acceptors (Lipinski definition) is 7. The molecule has 0 aromatic carbocycles. The van der Waals surface area contributed by atoms with Crippen molar-refractivity contribution in [3.05, 3.63) is 47.6 Å². The van der Waals surface area contributed by atoms with Crippen molar-refractivity contribution in [1.82, 2.24) is 0 Å². The van der Waals surface area contributed by atoms with Crippen LogP contribution >= 0.6 is 0 Å². The van der Waals surface area contributed by atoms with Crippen LogP contribution in [-0.2, 0) is 14.3 Å². The maximum Gasteiger partial charge on any atom is 0.335 e. The van der Waals surface area contributed by atoms with E-state index in [1.165, 1.54) is 36.8 Å². The number of ether oxygens (including phenoxy) is 2. The molecular formula is C34H52O8. The van der Waals surface area contributed by atoms with Crippen molar-refractivity contribution >= 4 is 5.97 Å². The minimum atomic E-state index is -1.75. The van der Waals surface area contributed by atoms with Crippen LogP contribution in [-0.4, -0.2) is 73.9 Å². The summed E-state index contributed by atoms with van der Waals surface area (Å²) in [7, 11) is 0. The molecule has 236 valence electrons. The van der Waals surface area contributed by atoms with E-state index in [0.29, 0.717) is 24.2 Å². The first-order valence-electron chi connectivity index (χ1n) is 15.7. The second kappa shape index (κ2) is 13.0. The highest BCUT2D eigenvalue weighted by Gasteiger charge is 2.51. The molecule has 8 heteroatoms. The Labute approximate surface area is 250 Å². The first-order valence-corrected chi connectivity index (χ1v) is 15.7. The molecule has 4 fully saturated rings. The van der Waals surface area contributed by atoms with Crippen molar-refractivity contribution in [2.45, 2.75) is 128 Å².